The van der Waals surface area contributed by atoms with Crippen LogP contribution in [-0.4, -0.2) is 30.1 Å². The molecule has 0 fully saturated rings. The number of hydrogen-bond acceptors (Lipinski definition) is 3. The number of aliphatic hydroxyl groups is 1. The van der Waals surface area contributed by atoms with Gasteiger partial charge in [-0.3, -0.25) is 9.59 Å². The molecule has 0 aliphatic carbocycles. The van der Waals surface area contributed by atoms with Gasteiger partial charge in [0.1, 0.15) is 0 Å². The zero-order valence-electron chi connectivity index (χ0n) is 13.1. The predicted octanol–water partition coefficient (Wildman–Crippen LogP) is 2.03. The van der Waals surface area contributed by atoms with E-state index in [0.717, 1.165) is 0 Å². The van der Waals surface area contributed by atoms with E-state index < -0.39 is 5.41 Å². The van der Waals surface area contributed by atoms with Gasteiger partial charge in [-0.05, 0) is 18.1 Å². The molecule has 0 radical (unpaired) electrons. The molecular weight excluding hydrogens is 268 g/mol. The van der Waals surface area contributed by atoms with Gasteiger partial charge in [0.25, 0.3) is 5.91 Å². The molecule has 0 aromatic heterocycles. The van der Waals surface area contributed by atoms with Crippen molar-refractivity contribution in [3.8, 4) is 0 Å². The molecule has 0 aliphatic rings. The molecule has 1 aromatic rings. The normalized spacial score (nSPS) is 12.6. The van der Waals surface area contributed by atoms with Crippen LogP contribution >= 0.6 is 0 Å². The van der Waals surface area contributed by atoms with Crippen LogP contribution in [0.5, 0.6) is 0 Å². The number of nitrogens with one attached hydrogen (secondary N) is 2. The van der Waals surface area contributed by atoms with Gasteiger partial charge in [0, 0.05) is 18.6 Å². The predicted molar refractivity (Wildman–Crippen MR) is 83.1 cm³/mol. The highest BCUT2D eigenvalue weighted by Gasteiger charge is 2.23. The molecule has 3 N–H and O–H groups in total. The fourth-order valence-electron chi connectivity index (χ4n) is 1.53. The van der Waals surface area contributed by atoms with E-state index in [-0.39, 0.29) is 24.3 Å². The van der Waals surface area contributed by atoms with Gasteiger partial charge in [-0.2, -0.15) is 0 Å². The molecule has 5 nitrogen and oxygen atoms in total. The minimum absolute atomic E-state index is 0.00900. The van der Waals surface area contributed by atoms with Crippen LogP contribution < -0.4 is 10.6 Å². The Bertz CT molecular complexity index is 506. The van der Waals surface area contributed by atoms with E-state index in [2.05, 4.69) is 10.6 Å². The SMILES string of the molecule is CC(CO)CNC(=O)c1ccccc1NC(=O)C(C)(C)C. The first-order valence-electron chi connectivity index (χ1n) is 7.05. The lowest BCUT2D eigenvalue weighted by Gasteiger charge is -2.19. The third-order valence-corrected chi connectivity index (χ3v) is 3.02. The third-order valence-electron chi connectivity index (χ3n) is 3.02. The third kappa shape index (κ3) is 5.19. The van der Waals surface area contributed by atoms with Crippen molar-refractivity contribution in [2.45, 2.75) is 27.7 Å². The van der Waals surface area contributed by atoms with Crippen LogP contribution in [0.1, 0.15) is 38.1 Å². The van der Waals surface area contributed by atoms with Crippen LogP contribution in [0.4, 0.5) is 5.69 Å². The highest BCUT2D eigenvalue weighted by molar-refractivity contribution is 6.04. The first-order chi connectivity index (χ1) is 9.75. The lowest BCUT2D eigenvalue weighted by atomic mass is 9.95. The number of anilines is 1. The molecule has 1 rings (SSSR count). The fraction of sp³-hybridized carbons (Fsp3) is 0.500. The fourth-order valence-corrected chi connectivity index (χ4v) is 1.53. The lowest BCUT2D eigenvalue weighted by Crippen LogP contribution is -2.32. The second-order valence-corrected chi connectivity index (χ2v) is 6.25. The average molecular weight is 292 g/mol. The minimum atomic E-state index is -0.533. The second-order valence-electron chi connectivity index (χ2n) is 6.25. The molecule has 5 heteroatoms. The molecular formula is C16H24N2O3. The molecule has 116 valence electrons. The van der Waals surface area contributed by atoms with E-state index in [1.807, 2.05) is 27.7 Å². The first-order valence-corrected chi connectivity index (χ1v) is 7.05. The number of amides is 2. The van der Waals surface area contributed by atoms with Crippen LogP contribution in [0.2, 0.25) is 0 Å². The van der Waals surface area contributed by atoms with Crippen molar-refractivity contribution in [1.82, 2.24) is 5.32 Å². The minimum Gasteiger partial charge on any atom is -0.396 e. The van der Waals surface area contributed by atoms with Gasteiger partial charge in [-0.1, -0.05) is 39.8 Å². The molecule has 1 atom stereocenters. The Morgan fingerprint density at radius 2 is 1.86 bits per heavy atom. The maximum Gasteiger partial charge on any atom is 0.253 e. The highest BCUT2D eigenvalue weighted by Crippen LogP contribution is 2.20. The van der Waals surface area contributed by atoms with Crippen molar-refractivity contribution in [3.05, 3.63) is 29.8 Å². The first kappa shape index (κ1) is 17.2. The van der Waals surface area contributed by atoms with Crippen molar-refractivity contribution in [2.75, 3.05) is 18.5 Å². The standard InChI is InChI=1S/C16H24N2O3/c1-11(10-19)9-17-14(20)12-7-5-6-8-13(12)18-15(21)16(2,3)4/h5-8,11,19H,9-10H2,1-4H3,(H,17,20)(H,18,21). The van der Waals surface area contributed by atoms with Crippen LogP contribution in [0.15, 0.2) is 24.3 Å². The van der Waals surface area contributed by atoms with E-state index >= 15 is 0 Å². The summed E-state index contributed by atoms with van der Waals surface area (Å²) in [5, 5.41) is 14.5. The monoisotopic (exact) mass is 292 g/mol. The van der Waals surface area contributed by atoms with Crippen molar-refractivity contribution in [3.63, 3.8) is 0 Å². The Morgan fingerprint density at radius 3 is 2.43 bits per heavy atom. The zero-order chi connectivity index (χ0) is 16.0. The van der Waals surface area contributed by atoms with Gasteiger partial charge in [-0.25, -0.2) is 0 Å². The summed E-state index contributed by atoms with van der Waals surface area (Å²) in [6.07, 6.45) is 0. The summed E-state index contributed by atoms with van der Waals surface area (Å²) in [6.45, 7) is 7.68. The van der Waals surface area contributed by atoms with Crippen molar-refractivity contribution >= 4 is 17.5 Å². The van der Waals surface area contributed by atoms with E-state index in [9.17, 15) is 9.59 Å². The Morgan fingerprint density at radius 1 is 1.24 bits per heavy atom. The molecule has 2 amide bonds. The summed E-state index contributed by atoms with van der Waals surface area (Å²) in [5.74, 6) is -0.420. The Hall–Kier alpha value is -1.88. The Labute approximate surface area is 125 Å². The molecule has 0 spiro atoms. The molecule has 0 saturated carbocycles. The zero-order valence-corrected chi connectivity index (χ0v) is 13.1. The summed E-state index contributed by atoms with van der Waals surface area (Å²) in [5.41, 5.74) is 0.376. The largest absolute Gasteiger partial charge is 0.396 e. The Balaban J connectivity index is 2.84. The van der Waals surface area contributed by atoms with E-state index in [0.29, 0.717) is 17.8 Å². The van der Waals surface area contributed by atoms with E-state index in [1.165, 1.54) is 0 Å². The van der Waals surface area contributed by atoms with Crippen LogP contribution in [0, 0.1) is 11.3 Å². The van der Waals surface area contributed by atoms with Crippen molar-refractivity contribution in [1.29, 1.82) is 0 Å². The Kier molecular flexibility index (Phi) is 5.90. The van der Waals surface area contributed by atoms with Gasteiger partial charge in [0.05, 0.1) is 11.3 Å². The molecule has 0 saturated heterocycles. The molecule has 0 bridgehead atoms. The topological polar surface area (TPSA) is 78.4 Å². The summed E-state index contributed by atoms with van der Waals surface area (Å²) < 4.78 is 0. The van der Waals surface area contributed by atoms with E-state index in [4.69, 9.17) is 5.11 Å². The maximum atomic E-state index is 12.2. The smallest absolute Gasteiger partial charge is 0.253 e. The number of benzene rings is 1. The van der Waals surface area contributed by atoms with Gasteiger partial charge < -0.3 is 15.7 Å². The average Bonchev–Trinajstić information content (AvgIpc) is 2.43. The molecule has 1 aromatic carbocycles. The van der Waals surface area contributed by atoms with Crippen molar-refractivity contribution in [2.24, 2.45) is 11.3 Å². The van der Waals surface area contributed by atoms with Crippen LogP contribution in [0.25, 0.3) is 0 Å². The highest BCUT2D eigenvalue weighted by atomic mass is 16.3. The maximum absolute atomic E-state index is 12.2. The molecule has 21 heavy (non-hydrogen) atoms. The van der Waals surface area contributed by atoms with Gasteiger partial charge in [0.2, 0.25) is 5.91 Å². The molecule has 0 heterocycles. The summed E-state index contributed by atoms with van der Waals surface area (Å²) >= 11 is 0. The summed E-state index contributed by atoms with van der Waals surface area (Å²) in [7, 11) is 0. The van der Waals surface area contributed by atoms with Gasteiger partial charge in [-0.15, -0.1) is 0 Å². The quantitative estimate of drug-likeness (QED) is 0.777. The summed E-state index contributed by atoms with van der Waals surface area (Å²) in [4.78, 5) is 24.2. The van der Waals surface area contributed by atoms with Gasteiger partial charge in [0.15, 0.2) is 0 Å². The lowest BCUT2D eigenvalue weighted by molar-refractivity contribution is -0.123. The number of carbonyl (C=O) groups excluding carboxylic acids is 2. The van der Waals surface area contributed by atoms with E-state index in [1.54, 1.807) is 24.3 Å². The number of para-hydroxylation sites is 1. The number of aliphatic hydroxyl groups excluding tert-OH is 1. The number of rotatable bonds is 5. The molecule has 1 unspecified atom stereocenters. The van der Waals surface area contributed by atoms with Crippen molar-refractivity contribution < 1.29 is 14.7 Å². The van der Waals surface area contributed by atoms with Crippen LogP contribution in [-0.2, 0) is 4.79 Å². The van der Waals surface area contributed by atoms with Crippen LogP contribution in [0.3, 0.4) is 0 Å². The number of carbonyl (C=O) groups is 2. The van der Waals surface area contributed by atoms with Gasteiger partial charge >= 0.3 is 0 Å². The summed E-state index contributed by atoms with van der Waals surface area (Å²) in [6, 6.07) is 6.88. The number of hydrogen-bond donors (Lipinski definition) is 3. The molecule has 0 aliphatic heterocycles. The second kappa shape index (κ2) is 7.22.